The number of fused-ring (bicyclic) bond motifs is 1. The van der Waals surface area contributed by atoms with Gasteiger partial charge in [-0.1, -0.05) is 0 Å². The molecule has 1 aromatic rings. The van der Waals surface area contributed by atoms with Crippen molar-refractivity contribution in [1.29, 1.82) is 0 Å². The first-order chi connectivity index (χ1) is 9.18. The van der Waals surface area contributed by atoms with Crippen molar-refractivity contribution in [3.63, 3.8) is 0 Å². The lowest BCUT2D eigenvalue weighted by Crippen LogP contribution is -2.26. The third-order valence-electron chi connectivity index (χ3n) is 4.97. The van der Waals surface area contributed by atoms with Crippen molar-refractivity contribution in [3.8, 4) is 0 Å². The topological polar surface area (TPSA) is 34.4 Å². The van der Waals surface area contributed by atoms with Gasteiger partial charge in [-0.15, -0.1) is 0 Å². The van der Waals surface area contributed by atoms with Gasteiger partial charge in [-0.05, 0) is 57.9 Å². The van der Waals surface area contributed by atoms with E-state index < -0.39 is 0 Å². The highest BCUT2D eigenvalue weighted by Gasteiger charge is 2.28. The Hall–Kier alpha value is -0.800. The van der Waals surface area contributed by atoms with Crippen LogP contribution in [0.2, 0.25) is 0 Å². The average molecular weight is 263 g/mol. The highest BCUT2D eigenvalue weighted by molar-refractivity contribution is 5.32. The monoisotopic (exact) mass is 263 g/mol. The first kappa shape index (κ1) is 13.2. The van der Waals surface area contributed by atoms with E-state index in [4.69, 9.17) is 4.74 Å². The molecule has 2 unspecified atom stereocenters. The molecule has 19 heavy (non-hydrogen) atoms. The van der Waals surface area contributed by atoms with Gasteiger partial charge in [-0.25, -0.2) is 0 Å². The maximum absolute atomic E-state index is 10.2. The third kappa shape index (κ3) is 2.34. The van der Waals surface area contributed by atoms with Gasteiger partial charge in [0.25, 0.3) is 0 Å². The molecule has 2 aliphatic rings. The number of nitrogens with zero attached hydrogens (tertiary/aromatic N) is 1. The summed E-state index contributed by atoms with van der Waals surface area (Å²) in [6.07, 6.45) is 5.23. The second-order valence-corrected chi connectivity index (χ2v) is 6.16. The lowest BCUT2D eigenvalue weighted by Gasteiger charge is -2.32. The van der Waals surface area contributed by atoms with Crippen LogP contribution in [0.5, 0.6) is 0 Å². The Bertz CT molecular complexity index is 446. The molecule has 1 saturated heterocycles. The zero-order valence-electron chi connectivity index (χ0n) is 12.1. The molecule has 2 heterocycles. The minimum absolute atomic E-state index is 0.245. The minimum Gasteiger partial charge on any atom is -0.388 e. The van der Waals surface area contributed by atoms with Crippen molar-refractivity contribution < 1.29 is 9.84 Å². The van der Waals surface area contributed by atoms with Crippen LogP contribution in [0.25, 0.3) is 0 Å². The number of hydrogen-bond donors (Lipinski definition) is 1. The zero-order valence-corrected chi connectivity index (χ0v) is 12.1. The number of hydrogen-bond acceptors (Lipinski definition) is 2. The first-order valence-corrected chi connectivity index (χ1v) is 7.65. The Kier molecular flexibility index (Phi) is 3.68. The number of aliphatic hydroxyl groups excluding tert-OH is 1. The molecule has 3 heteroatoms. The Labute approximate surface area is 115 Å². The van der Waals surface area contributed by atoms with E-state index in [1.165, 1.54) is 17.0 Å². The Morgan fingerprint density at radius 1 is 1.32 bits per heavy atom. The summed E-state index contributed by atoms with van der Waals surface area (Å²) in [7, 11) is 0. The summed E-state index contributed by atoms with van der Waals surface area (Å²) in [6.45, 7) is 6.32. The molecule has 1 aromatic heterocycles. The molecular weight excluding hydrogens is 238 g/mol. The van der Waals surface area contributed by atoms with E-state index in [-0.39, 0.29) is 6.10 Å². The van der Waals surface area contributed by atoms with Gasteiger partial charge < -0.3 is 14.4 Å². The molecule has 1 aliphatic carbocycles. The average Bonchev–Trinajstić information content (AvgIpc) is 2.77. The summed E-state index contributed by atoms with van der Waals surface area (Å²) >= 11 is 0. The van der Waals surface area contributed by atoms with Crippen LogP contribution in [0.1, 0.15) is 61.7 Å². The van der Waals surface area contributed by atoms with Gasteiger partial charge in [-0.3, -0.25) is 0 Å². The lowest BCUT2D eigenvalue weighted by molar-refractivity contribution is 0.0505. The predicted octanol–water partition coefficient (Wildman–Crippen LogP) is 3.15. The Balaban J connectivity index is 1.91. The maximum atomic E-state index is 10.2. The molecule has 1 fully saturated rings. The SMILES string of the molecule is Cc1cc2c(n1C(C)C1CCOCC1)CCCC2O. The lowest BCUT2D eigenvalue weighted by atomic mass is 9.91. The van der Waals surface area contributed by atoms with Crippen LogP contribution >= 0.6 is 0 Å². The van der Waals surface area contributed by atoms with E-state index in [1.807, 2.05) is 0 Å². The van der Waals surface area contributed by atoms with Gasteiger partial charge >= 0.3 is 0 Å². The van der Waals surface area contributed by atoms with E-state index in [1.54, 1.807) is 0 Å². The van der Waals surface area contributed by atoms with Crippen LogP contribution in [-0.2, 0) is 11.2 Å². The molecule has 1 aliphatic heterocycles. The third-order valence-corrected chi connectivity index (χ3v) is 4.97. The second-order valence-electron chi connectivity index (χ2n) is 6.16. The number of aryl methyl sites for hydroxylation is 1. The first-order valence-electron chi connectivity index (χ1n) is 7.65. The van der Waals surface area contributed by atoms with E-state index in [9.17, 15) is 5.11 Å². The van der Waals surface area contributed by atoms with E-state index in [0.29, 0.717) is 12.0 Å². The van der Waals surface area contributed by atoms with Gasteiger partial charge in [0, 0.05) is 36.2 Å². The van der Waals surface area contributed by atoms with Gasteiger partial charge in [0.15, 0.2) is 0 Å². The quantitative estimate of drug-likeness (QED) is 0.889. The molecule has 0 aromatic carbocycles. The Morgan fingerprint density at radius 2 is 2.05 bits per heavy atom. The van der Waals surface area contributed by atoms with Crippen molar-refractivity contribution in [1.82, 2.24) is 4.57 Å². The second kappa shape index (κ2) is 5.29. The number of aliphatic hydroxyl groups is 1. The molecular formula is C16H25NO2. The van der Waals surface area contributed by atoms with E-state index in [0.717, 1.165) is 45.3 Å². The van der Waals surface area contributed by atoms with Crippen LogP contribution in [0.4, 0.5) is 0 Å². The number of ether oxygens (including phenoxy) is 1. The number of aromatic nitrogens is 1. The van der Waals surface area contributed by atoms with Crippen LogP contribution in [0, 0.1) is 12.8 Å². The highest BCUT2D eigenvalue weighted by atomic mass is 16.5. The molecule has 0 saturated carbocycles. The fourth-order valence-electron chi connectivity index (χ4n) is 3.88. The molecule has 0 bridgehead atoms. The largest absolute Gasteiger partial charge is 0.388 e. The van der Waals surface area contributed by atoms with Gasteiger partial charge in [0.1, 0.15) is 0 Å². The smallest absolute Gasteiger partial charge is 0.0807 e. The molecule has 0 amide bonds. The molecule has 1 N–H and O–H groups in total. The summed E-state index contributed by atoms with van der Waals surface area (Å²) in [4.78, 5) is 0. The predicted molar refractivity (Wildman–Crippen MR) is 75.3 cm³/mol. The van der Waals surface area contributed by atoms with Crippen molar-refractivity contribution in [2.75, 3.05) is 13.2 Å². The standard InChI is InChI=1S/C16H25NO2/c1-11-10-14-15(4-3-5-16(14)18)17(11)12(2)13-6-8-19-9-7-13/h10,12-13,16,18H,3-9H2,1-2H3. The van der Waals surface area contributed by atoms with Crippen molar-refractivity contribution in [3.05, 3.63) is 23.0 Å². The van der Waals surface area contributed by atoms with E-state index in [2.05, 4.69) is 24.5 Å². The maximum Gasteiger partial charge on any atom is 0.0807 e. The molecule has 3 rings (SSSR count). The van der Waals surface area contributed by atoms with Gasteiger partial charge in [-0.2, -0.15) is 0 Å². The number of rotatable bonds is 2. The normalized spacial score (nSPS) is 26.2. The van der Waals surface area contributed by atoms with Crippen LogP contribution in [0.3, 0.4) is 0 Å². The summed E-state index contributed by atoms with van der Waals surface area (Å²) in [5.41, 5.74) is 3.88. The van der Waals surface area contributed by atoms with Crippen molar-refractivity contribution in [2.24, 2.45) is 5.92 Å². The molecule has 0 spiro atoms. The van der Waals surface area contributed by atoms with E-state index >= 15 is 0 Å². The van der Waals surface area contributed by atoms with Crippen molar-refractivity contribution >= 4 is 0 Å². The highest BCUT2D eigenvalue weighted by Crippen LogP contribution is 2.37. The van der Waals surface area contributed by atoms with Crippen LogP contribution in [0.15, 0.2) is 6.07 Å². The minimum atomic E-state index is -0.245. The molecule has 2 atom stereocenters. The molecule has 3 nitrogen and oxygen atoms in total. The van der Waals surface area contributed by atoms with Gasteiger partial charge in [0.05, 0.1) is 6.10 Å². The summed E-state index contributed by atoms with van der Waals surface area (Å²) in [5.74, 6) is 0.711. The van der Waals surface area contributed by atoms with Crippen LogP contribution in [-0.4, -0.2) is 22.9 Å². The Morgan fingerprint density at radius 3 is 2.79 bits per heavy atom. The molecule has 0 radical (unpaired) electrons. The van der Waals surface area contributed by atoms with Crippen LogP contribution < -0.4 is 0 Å². The fourth-order valence-corrected chi connectivity index (χ4v) is 3.88. The summed E-state index contributed by atoms with van der Waals surface area (Å²) in [5, 5.41) is 10.2. The summed E-state index contributed by atoms with van der Waals surface area (Å²) in [6, 6.07) is 2.73. The van der Waals surface area contributed by atoms with Gasteiger partial charge in [0.2, 0.25) is 0 Å². The zero-order chi connectivity index (χ0) is 13.4. The van der Waals surface area contributed by atoms with Crippen molar-refractivity contribution in [2.45, 2.75) is 58.1 Å². The fraction of sp³-hybridized carbons (Fsp3) is 0.750. The molecule has 106 valence electrons. The summed E-state index contributed by atoms with van der Waals surface area (Å²) < 4.78 is 7.97.